The SMILES string of the molecule is CC(=Nc1c(C)cc(C)cc1C)c1cc(N(C)C)cc(C(C)=Nc2c(C)cc(C)cc2C)n1. The summed E-state index contributed by atoms with van der Waals surface area (Å²) >= 11 is 0. The molecule has 172 valence electrons. The first-order valence-corrected chi connectivity index (χ1v) is 11.4. The smallest absolute Gasteiger partial charge is 0.0870 e. The summed E-state index contributed by atoms with van der Waals surface area (Å²) in [6, 6.07) is 12.9. The van der Waals surface area contributed by atoms with E-state index in [0.717, 1.165) is 39.9 Å². The summed E-state index contributed by atoms with van der Waals surface area (Å²) in [4.78, 5) is 17.0. The average molecular weight is 441 g/mol. The topological polar surface area (TPSA) is 40.9 Å². The summed E-state index contributed by atoms with van der Waals surface area (Å²) in [6.07, 6.45) is 0. The first kappa shape index (κ1) is 24.4. The molecule has 3 rings (SSSR count). The molecule has 4 heteroatoms. The zero-order chi connectivity index (χ0) is 24.4. The zero-order valence-corrected chi connectivity index (χ0v) is 21.8. The van der Waals surface area contributed by atoms with E-state index in [1.807, 2.05) is 27.9 Å². The second kappa shape index (κ2) is 9.70. The minimum absolute atomic E-state index is 0.863. The van der Waals surface area contributed by atoms with Crippen LogP contribution in [0, 0.1) is 41.5 Å². The van der Waals surface area contributed by atoms with E-state index in [-0.39, 0.29) is 0 Å². The largest absolute Gasteiger partial charge is 0.378 e. The van der Waals surface area contributed by atoms with Crippen molar-refractivity contribution in [3.63, 3.8) is 0 Å². The fourth-order valence-electron chi connectivity index (χ4n) is 4.29. The molecule has 0 atom stereocenters. The molecule has 0 bridgehead atoms. The van der Waals surface area contributed by atoms with Gasteiger partial charge in [0.1, 0.15) is 0 Å². The predicted octanol–water partition coefficient (Wildman–Crippen LogP) is 7.28. The van der Waals surface area contributed by atoms with Crippen molar-refractivity contribution in [3.05, 3.63) is 81.2 Å². The van der Waals surface area contributed by atoms with Gasteiger partial charge in [-0.05, 0) is 89.8 Å². The van der Waals surface area contributed by atoms with Gasteiger partial charge in [0.05, 0.1) is 34.2 Å². The van der Waals surface area contributed by atoms with Crippen molar-refractivity contribution < 1.29 is 0 Å². The van der Waals surface area contributed by atoms with E-state index in [1.165, 1.54) is 33.4 Å². The van der Waals surface area contributed by atoms with Gasteiger partial charge in [-0.15, -0.1) is 0 Å². The lowest BCUT2D eigenvalue weighted by Crippen LogP contribution is -2.13. The number of aromatic nitrogens is 1. The van der Waals surface area contributed by atoms with E-state index >= 15 is 0 Å². The molecule has 0 unspecified atom stereocenters. The van der Waals surface area contributed by atoms with Crippen molar-refractivity contribution in [2.45, 2.75) is 55.4 Å². The van der Waals surface area contributed by atoms with E-state index in [9.17, 15) is 0 Å². The molecule has 33 heavy (non-hydrogen) atoms. The zero-order valence-electron chi connectivity index (χ0n) is 21.8. The maximum absolute atomic E-state index is 4.99. The molecular formula is C29H36N4. The predicted molar refractivity (Wildman–Crippen MR) is 144 cm³/mol. The van der Waals surface area contributed by atoms with Crippen molar-refractivity contribution in [2.75, 3.05) is 19.0 Å². The molecule has 1 heterocycles. The van der Waals surface area contributed by atoms with Crippen LogP contribution in [-0.2, 0) is 0 Å². The van der Waals surface area contributed by atoms with E-state index < -0.39 is 0 Å². The highest BCUT2D eigenvalue weighted by molar-refractivity contribution is 6.03. The Labute approximate surface area is 199 Å². The van der Waals surface area contributed by atoms with E-state index in [1.54, 1.807) is 0 Å². The minimum atomic E-state index is 0.863. The maximum Gasteiger partial charge on any atom is 0.0870 e. The number of aryl methyl sites for hydroxylation is 6. The third-order valence-corrected chi connectivity index (χ3v) is 5.90. The summed E-state index contributed by atoms with van der Waals surface area (Å²) in [6.45, 7) is 16.8. The van der Waals surface area contributed by atoms with Crippen LogP contribution in [0.3, 0.4) is 0 Å². The highest BCUT2D eigenvalue weighted by Crippen LogP contribution is 2.28. The molecule has 0 amide bonds. The molecule has 1 aromatic heterocycles. The van der Waals surface area contributed by atoms with Crippen molar-refractivity contribution in [1.82, 2.24) is 4.98 Å². The van der Waals surface area contributed by atoms with E-state index in [0.29, 0.717) is 0 Å². The van der Waals surface area contributed by atoms with Crippen molar-refractivity contribution >= 4 is 28.5 Å². The van der Waals surface area contributed by atoms with Gasteiger partial charge in [0.15, 0.2) is 0 Å². The van der Waals surface area contributed by atoms with Crippen LogP contribution in [0.4, 0.5) is 17.1 Å². The van der Waals surface area contributed by atoms with E-state index in [2.05, 4.69) is 82.8 Å². The molecule has 0 fully saturated rings. The normalized spacial score (nSPS) is 12.3. The molecule has 3 aromatic rings. The fraction of sp³-hybridized carbons (Fsp3) is 0.345. The quantitative estimate of drug-likeness (QED) is 0.391. The number of nitrogens with zero attached hydrogens (tertiary/aromatic N) is 4. The average Bonchev–Trinajstić information content (AvgIpc) is 2.72. The summed E-state index contributed by atoms with van der Waals surface area (Å²) in [5.74, 6) is 0. The third-order valence-electron chi connectivity index (χ3n) is 5.90. The van der Waals surface area contributed by atoms with Gasteiger partial charge in [0.25, 0.3) is 0 Å². The van der Waals surface area contributed by atoms with Gasteiger partial charge in [0, 0.05) is 19.8 Å². The number of anilines is 1. The highest BCUT2D eigenvalue weighted by Gasteiger charge is 2.12. The van der Waals surface area contributed by atoms with Gasteiger partial charge in [-0.2, -0.15) is 0 Å². The van der Waals surface area contributed by atoms with Crippen molar-refractivity contribution in [2.24, 2.45) is 9.98 Å². The fourth-order valence-corrected chi connectivity index (χ4v) is 4.29. The molecule has 0 aliphatic heterocycles. The first-order chi connectivity index (χ1) is 15.5. The third kappa shape index (κ3) is 5.57. The molecule has 0 radical (unpaired) electrons. The van der Waals surface area contributed by atoms with Gasteiger partial charge in [-0.25, -0.2) is 4.98 Å². The lowest BCUT2D eigenvalue weighted by Gasteiger charge is -2.16. The Kier molecular flexibility index (Phi) is 7.16. The van der Waals surface area contributed by atoms with Gasteiger partial charge in [-0.1, -0.05) is 35.4 Å². The van der Waals surface area contributed by atoms with Crippen LogP contribution in [0.5, 0.6) is 0 Å². The molecule has 0 aliphatic carbocycles. The molecule has 0 saturated carbocycles. The number of hydrogen-bond acceptors (Lipinski definition) is 4. The second-order valence-electron chi connectivity index (χ2n) is 9.38. The van der Waals surface area contributed by atoms with Crippen LogP contribution < -0.4 is 4.90 Å². The maximum atomic E-state index is 4.99. The molecular weight excluding hydrogens is 404 g/mol. The minimum Gasteiger partial charge on any atom is -0.378 e. The number of aliphatic imine (C=N–C) groups is 2. The number of pyridine rings is 1. The summed E-state index contributed by atoms with van der Waals surface area (Å²) < 4.78 is 0. The molecule has 0 N–H and O–H groups in total. The van der Waals surface area contributed by atoms with Gasteiger partial charge >= 0.3 is 0 Å². The number of hydrogen-bond donors (Lipinski definition) is 0. The van der Waals surface area contributed by atoms with Crippen LogP contribution in [0.2, 0.25) is 0 Å². The molecule has 4 nitrogen and oxygen atoms in total. The lowest BCUT2D eigenvalue weighted by atomic mass is 10.0. The molecule has 0 aliphatic rings. The van der Waals surface area contributed by atoms with Crippen LogP contribution in [0.15, 0.2) is 46.4 Å². The van der Waals surface area contributed by atoms with Crippen LogP contribution in [0.25, 0.3) is 0 Å². The van der Waals surface area contributed by atoms with Crippen molar-refractivity contribution in [3.8, 4) is 0 Å². The van der Waals surface area contributed by atoms with Crippen molar-refractivity contribution in [1.29, 1.82) is 0 Å². The summed E-state index contributed by atoms with van der Waals surface area (Å²) in [5.41, 5.74) is 13.9. The Morgan fingerprint density at radius 2 is 0.939 bits per heavy atom. The summed E-state index contributed by atoms with van der Waals surface area (Å²) in [7, 11) is 4.09. The van der Waals surface area contributed by atoms with Gasteiger partial charge in [-0.3, -0.25) is 9.98 Å². The molecule has 0 saturated heterocycles. The number of rotatable bonds is 5. The Morgan fingerprint density at radius 3 is 1.24 bits per heavy atom. The monoisotopic (exact) mass is 440 g/mol. The highest BCUT2D eigenvalue weighted by atomic mass is 15.1. The lowest BCUT2D eigenvalue weighted by molar-refractivity contribution is 1.11. The van der Waals surface area contributed by atoms with Crippen LogP contribution in [0.1, 0.15) is 58.6 Å². The van der Waals surface area contributed by atoms with E-state index in [4.69, 9.17) is 15.0 Å². The van der Waals surface area contributed by atoms with Crippen LogP contribution in [-0.4, -0.2) is 30.5 Å². The Balaban J connectivity index is 2.12. The van der Waals surface area contributed by atoms with Gasteiger partial charge in [0.2, 0.25) is 0 Å². The Morgan fingerprint density at radius 1 is 0.606 bits per heavy atom. The van der Waals surface area contributed by atoms with Crippen LogP contribution >= 0.6 is 0 Å². The van der Waals surface area contributed by atoms with Gasteiger partial charge < -0.3 is 4.90 Å². The first-order valence-electron chi connectivity index (χ1n) is 11.4. The molecule has 2 aromatic carbocycles. The Hall–Kier alpha value is -3.27. The second-order valence-corrected chi connectivity index (χ2v) is 9.38. The Bertz CT molecular complexity index is 1120. The standard InChI is InChI=1S/C29H36N4/c1-17-11-19(3)28(20(4)12-17)30-23(7)26-15-25(33(9)10)16-27(32-26)24(8)31-29-21(5)13-18(2)14-22(29)6/h11-16H,1-10H3. The molecule has 0 spiro atoms. The summed E-state index contributed by atoms with van der Waals surface area (Å²) in [5, 5.41) is 0. The number of benzene rings is 2.